The first kappa shape index (κ1) is 21.7. The van der Waals surface area contributed by atoms with Crippen molar-refractivity contribution in [2.45, 2.75) is 19.0 Å². The molecule has 6 nitrogen and oxygen atoms in total. The second kappa shape index (κ2) is 9.41. The summed E-state index contributed by atoms with van der Waals surface area (Å²) >= 11 is 1.71. The fraction of sp³-hybridized carbons (Fsp3) is 0.320. The number of hydrogen-bond acceptors (Lipinski definition) is 6. The number of carbonyl (C=O) groups is 1. The van der Waals surface area contributed by atoms with Gasteiger partial charge < -0.3 is 19.7 Å². The molecular weight excluding hydrogens is 441 g/mol. The number of nitrogens with one attached hydrogen (secondary N) is 1. The molecule has 8 heteroatoms. The van der Waals surface area contributed by atoms with Crippen molar-refractivity contribution in [2.24, 2.45) is 0 Å². The van der Waals surface area contributed by atoms with E-state index in [4.69, 9.17) is 9.47 Å². The third kappa shape index (κ3) is 4.67. The van der Waals surface area contributed by atoms with Crippen molar-refractivity contribution >= 4 is 22.9 Å². The van der Waals surface area contributed by atoms with Crippen molar-refractivity contribution in [1.82, 2.24) is 10.2 Å². The number of fused-ring (bicyclic) bond motifs is 1. The molecule has 1 saturated heterocycles. The van der Waals surface area contributed by atoms with Crippen molar-refractivity contribution in [3.05, 3.63) is 76.2 Å². The zero-order valence-corrected chi connectivity index (χ0v) is 19.2. The normalized spacial score (nSPS) is 17.6. The number of amides is 1. The summed E-state index contributed by atoms with van der Waals surface area (Å²) in [7, 11) is 0. The van der Waals surface area contributed by atoms with Gasteiger partial charge in [-0.2, -0.15) is 0 Å². The molecule has 0 saturated carbocycles. The predicted octanol–water partition coefficient (Wildman–Crippen LogP) is 4.30. The van der Waals surface area contributed by atoms with Gasteiger partial charge in [0.05, 0.1) is 6.04 Å². The molecule has 33 heavy (non-hydrogen) atoms. The van der Waals surface area contributed by atoms with Gasteiger partial charge in [-0.3, -0.25) is 9.69 Å². The molecule has 0 bridgehead atoms. The second-order valence-corrected chi connectivity index (χ2v) is 9.27. The van der Waals surface area contributed by atoms with E-state index in [-0.39, 0.29) is 30.6 Å². The molecule has 1 aromatic heterocycles. The van der Waals surface area contributed by atoms with E-state index in [0.29, 0.717) is 17.1 Å². The van der Waals surface area contributed by atoms with Crippen LogP contribution in [-0.2, 0) is 0 Å². The average Bonchev–Trinajstić information content (AvgIpc) is 3.52. The molecule has 2 atom stereocenters. The van der Waals surface area contributed by atoms with Crippen LogP contribution in [0.4, 0.5) is 10.1 Å². The van der Waals surface area contributed by atoms with E-state index in [1.165, 1.54) is 17.0 Å². The predicted molar refractivity (Wildman–Crippen MR) is 127 cm³/mol. The summed E-state index contributed by atoms with van der Waals surface area (Å²) in [5.74, 6) is 0.909. The Morgan fingerprint density at radius 1 is 1.03 bits per heavy atom. The highest BCUT2D eigenvalue weighted by molar-refractivity contribution is 7.10. The molecule has 3 heterocycles. The first-order valence-corrected chi connectivity index (χ1v) is 11.9. The molecule has 2 aromatic carbocycles. The minimum atomic E-state index is -0.220. The van der Waals surface area contributed by atoms with Gasteiger partial charge in [-0.05, 0) is 60.8 Å². The lowest BCUT2D eigenvalue weighted by atomic mass is 10.0. The number of nitrogens with zero attached hydrogens (tertiary/aromatic N) is 2. The monoisotopic (exact) mass is 467 g/mol. The van der Waals surface area contributed by atoms with E-state index in [0.717, 1.165) is 31.9 Å². The van der Waals surface area contributed by atoms with E-state index in [1.807, 2.05) is 18.2 Å². The van der Waals surface area contributed by atoms with Crippen LogP contribution in [0, 0.1) is 5.82 Å². The van der Waals surface area contributed by atoms with Gasteiger partial charge in [-0.1, -0.05) is 6.07 Å². The standard InChI is InChI=1S/C25H26FN3O3S/c1-17(27-25(30)18-4-9-21-22(15-18)32-16-31-21)24(23-3-2-14-33-23)29-12-10-28(11-13-29)20-7-5-19(26)6-8-20/h2-9,14-15,17,24H,10-13,16H2,1H3,(H,27,30)/t17-,24-/m0/s1. The van der Waals surface area contributed by atoms with Crippen LogP contribution in [0.5, 0.6) is 11.5 Å². The maximum atomic E-state index is 13.3. The third-order valence-corrected chi connectivity index (χ3v) is 7.14. The fourth-order valence-electron chi connectivity index (χ4n) is 4.52. The zero-order chi connectivity index (χ0) is 22.8. The van der Waals surface area contributed by atoms with Crippen molar-refractivity contribution in [3.63, 3.8) is 0 Å². The number of rotatable bonds is 6. The number of piperazine rings is 1. The van der Waals surface area contributed by atoms with Crippen LogP contribution >= 0.6 is 11.3 Å². The molecule has 0 radical (unpaired) electrons. The van der Waals surface area contributed by atoms with Crippen LogP contribution in [-0.4, -0.2) is 49.8 Å². The second-order valence-electron chi connectivity index (χ2n) is 8.29. The molecule has 0 aliphatic carbocycles. The summed E-state index contributed by atoms with van der Waals surface area (Å²) in [6, 6.07) is 16.1. The molecule has 1 N–H and O–H groups in total. The minimum Gasteiger partial charge on any atom is -0.454 e. The Bertz CT molecular complexity index is 1100. The highest BCUT2D eigenvalue weighted by atomic mass is 32.1. The van der Waals surface area contributed by atoms with Crippen molar-refractivity contribution in [1.29, 1.82) is 0 Å². The average molecular weight is 468 g/mol. The number of ether oxygens (including phenoxy) is 2. The number of hydrogen-bond donors (Lipinski definition) is 1. The maximum absolute atomic E-state index is 13.3. The molecule has 2 aliphatic heterocycles. The summed E-state index contributed by atoms with van der Waals surface area (Å²) in [5, 5.41) is 5.27. The highest BCUT2D eigenvalue weighted by Gasteiger charge is 2.31. The number of benzene rings is 2. The van der Waals surface area contributed by atoms with E-state index < -0.39 is 0 Å². The van der Waals surface area contributed by atoms with Gasteiger partial charge in [0.2, 0.25) is 6.79 Å². The molecule has 1 amide bonds. The summed E-state index contributed by atoms with van der Waals surface area (Å²) in [6.45, 7) is 5.63. The molecule has 5 rings (SSSR count). The van der Waals surface area contributed by atoms with Gasteiger partial charge in [-0.15, -0.1) is 11.3 Å². The Labute approximate surface area is 196 Å². The van der Waals surface area contributed by atoms with Crippen molar-refractivity contribution in [2.75, 3.05) is 37.9 Å². The molecule has 0 spiro atoms. The molecular formula is C25H26FN3O3S. The van der Waals surface area contributed by atoms with Crippen LogP contribution < -0.4 is 19.7 Å². The lowest BCUT2D eigenvalue weighted by molar-refractivity contribution is 0.0890. The highest BCUT2D eigenvalue weighted by Crippen LogP contribution is 2.33. The van der Waals surface area contributed by atoms with Crippen molar-refractivity contribution in [3.8, 4) is 11.5 Å². The Hall–Kier alpha value is -3.10. The largest absolute Gasteiger partial charge is 0.454 e. The number of halogens is 1. The maximum Gasteiger partial charge on any atom is 0.251 e. The van der Waals surface area contributed by atoms with E-state index in [1.54, 1.807) is 29.5 Å². The number of anilines is 1. The Kier molecular flexibility index (Phi) is 6.20. The molecule has 1 fully saturated rings. The van der Waals surface area contributed by atoms with Gasteiger partial charge in [0, 0.05) is 48.3 Å². The molecule has 172 valence electrons. The summed E-state index contributed by atoms with van der Waals surface area (Å²) < 4.78 is 24.0. The first-order chi connectivity index (χ1) is 16.1. The van der Waals surface area contributed by atoms with Crippen LogP contribution in [0.3, 0.4) is 0 Å². The molecule has 0 unspecified atom stereocenters. The zero-order valence-electron chi connectivity index (χ0n) is 18.4. The van der Waals surface area contributed by atoms with Gasteiger partial charge >= 0.3 is 0 Å². The summed E-state index contributed by atoms with van der Waals surface area (Å²) in [5.41, 5.74) is 1.59. The molecule has 3 aromatic rings. The quantitative estimate of drug-likeness (QED) is 0.586. The fourth-order valence-corrected chi connectivity index (χ4v) is 5.48. The smallest absolute Gasteiger partial charge is 0.251 e. The van der Waals surface area contributed by atoms with E-state index in [9.17, 15) is 9.18 Å². The van der Waals surface area contributed by atoms with Crippen LogP contribution in [0.15, 0.2) is 60.0 Å². The van der Waals surface area contributed by atoms with Crippen molar-refractivity contribution < 1.29 is 18.7 Å². The third-order valence-electron chi connectivity index (χ3n) is 6.20. The Morgan fingerprint density at radius 3 is 2.52 bits per heavy atom. The van der Waals surface area contributed by atoms with Crippen LogP contribution in [0.2, 0.25) is 0 Å². The number of thiophene rings is 1. The first-order valence-electron chi connectivity index (χ1n) is 11.1. The molecule has 2 aliphatic rings. The number of carbonyl (C=O) groups excluding carboxylic acids is 1. The van der Waals surface area contributed by atoms with Crippen LogP contribution in [0.25, 0.3) is 0 Å². The summed E-state index contributed by atoms with van der Waals surface area (Å²) in [4.78, 5) is 18.9. The lowest BCUT2D eigenvalue weighted by Gasteiger charge is -2.42. The van der Waals surface area contributed by atoms with Gasteiger partial charge in [0.25, 0.3) is 5.91 Å². The van der Waals surface area contributed by atoms with Gasteiger partial charge in [0.1, 0.15) is 5.82 Å². The van der Waals surface area contributed by atoms with Crippen LogP contribution in [0.1, 0.15) is 28.2 Å². The Morgan fingerprint density at radius 2 is 1.79 bits per heavy atom. The SMILES string of the molecule is C[C@H](NC(=O)c1ccc2c(c1)OCO2)[C@@H](c1cccs1)N1CCN(c2ccc(F)cc2)CC1. The topological polar surface area (TPSA) is 54.0 Å². The van der Waals surface area contributed by atoms with E-state index >= 15 is 0 Å². The summed E-state index contributed by atoms with van der Waals surface area (Å²) in [6.07, 6.45) is 0. The van der Waals surface area contributed by atoms with E-state index in [2.05, 4.69) is 33.5 Å². The Balaban J connectivity index is 1.28. The van der Waals surface area contributed by atoms with Gasteiger partial charge in [0.15, 0.2) is 11.5 Å². The van der Waals surface area contributed by atoms with Gasteiger partial charge in [-0.25, -0.2) is 4.39 Å². The minimum absolute atomic E-state index is 0.0679. The lowest BCUT2D eigenvalue weighted by Crippen LogP contribution is -2.52.